The number of hydrogen-bond donors (Lipinski definition) is 4. The van der Waals surface area contributed by atoms with E-state index in [1.807, 2.05) is 43.4 Å². The summed E-state index contributed by atoms with van der Waals surface area (Å²) in [7, 11) is 0. The van der Waals surface area contributed by atoms with Crippen molar-refractivity contribution in [2.45, 2.75) is 82.4 Å². The Morgan fingerprint density at radius 1 is 1.11 bits per heavy atom. The molecule has 0 bridgehead atoms. The predicted octanol–water partition coefficient (Wildman–Crippen LogP) is 2.90. The number of hydrogen-bond acceptors (Lipinski definition) is 5. The Morgan fingerprint density at radius 2 is 1.86 bits per heavy atom. The van der Waals surface area contributed by atoms with Gasteiger partial charge in [-0.1, -0.05) is 55.5 Å². The van der Waals surface area contributed by atoms with Gasteiger partial charge in [0.25, 0.3) is 0 Å². The lowest BCUT2D eigenvalue weighted by atomic mass is 10.0. The summed E-state index contributed by atoms with van der Waals surface area (Å²) in [6.45, 7) is 2.02. The molecule has 1 aliphatic rings. The lowest BCUT2D eigenvalue weighted by molar-refractivity contribution is -0.136. The minimum absolute atomic E-state index is 0.132. The van der Waals surface area contributed by atoms with Gasteiger partial charge < -0.3 is 25.2 Å². The quantitative estimate of drug-likeness (QED) is 0.358. The third-order valence-electron chi connectivity index (χ3n) is 4.44. The fourth-order valence-corrected chi connectivity index (χ4v) is 2.87. The summed E-state index contributed by atoms with van der Waals surface area (Å²) in [6.07, 6.45) is 15.2. The monoisotopic (exact) mass is 394 g/mol. The number of allylic oxidation sites excluding steroid dienone is 4. The molecule has 0 aliphatic carbocycles. The first-order valence-corrected chi connectivity index (χ1v) is 9.98. The van der Waals surface area contributed by atoms with Gasteiger partial charge in [0.1, 0.15) is 0 Å². The summed E-state index contributed by atoms with van der Waals surface area (Å²) < 4.78 is 5.76. The van der Waals surface area contributed by atoms with Crippen molar-refractivity contribution in [2.75, 3.05) is 0 Å². The molecule has 28 heavy (non-hydrogen) atoms. The van der Waals surface area contributed by atoms with Crippen LogP contribution in [0.4, 0.5) is 0 Å². The smallest absolute Gasteiger partial charge is 0.303 e. The summed E-state index contributed by atoms with van der Waals surface area (Å²) in [5.41, 5.74) is 0. The minimum Gasteiger partial charge on any atom is -0.481 e. The van der Waals surface area contributed by atoms with Crippen LogP contribution in [0.5, 0.6) is 0 Å². The molecular weight excluding hydrogens is 360 g/mol. The summed E-state index contributed by atoms with van der Waals surface area (Å²) in [5, 5.41) is 38.7. The van der Waals surface area contributed by atoms with Crippen LogP contribution in [0.2, 0.25) is 0 Å². The average molecular weight is 395 g/mol. The SMILES string of the molecule is CC/C=C\C[C@@H](O)/C=C/[C@H](O)[C@@H]1C[C@@H](O)[C@@H](C/C=C\C/C=C\CCC(=O)O)O1. The van der Waals surface area contributed by atoms with Crippen molar-refractivity contribution in [3.05, 3.63) is 48.6 Å². The Hall–Kier alpha value is -1.73. The zero-order valence-electron chi connectivity index (χ0n) is 16.6. The fraction of sp³-hybridized carbons (Fsp3) is 0.591. The van der Waals surface area contributed by atoms with Crippen molar-refractivity contribution >= 4 is 5.97 Å². The third-order valence-corrected chi connectivity index (χ3v) is 4.44. The number of carbonyl (C=O) groups is 1. The van der Waals surface area contributed by atoms with E-state index in [9.17, 15) is 20.1 Å². The zero-order chi connectivity index (χ0) is 20.8. The Bertz CT molecular complexity index is 551. The van der Waals surface area contributed by atoms with Gasteiger partial charge in [-0.25, -0.2) is 0 Å². The first-order chi connectivity index (χ1) is 13.4. The van der Waals surface area contributed by atoms with E-state index in [1.165, 1.54) is 6.08 Å². The number of ether oxygens (including phenoxy) is 1. The van der Waals surface area contributed by atoms with Crippen molar-refractivity contribution in [2.24, 2.45) is 0 Å². The maximum Gasteiger partial charge on any atom is 0.303 e. The van der Waals surface area contributed by atoms with Crippen LogP contribution in [-0.4, -0.2) is 56.9 Å². The van der Waals surface area contributed by atoms with E-state index in [-0.39, 0.29) is 12.5 Å². The second-order valence-electron chi connectivity index (χ2n) is 6.92. The van der Waals surface area contributed by atoms with Crippen LogP contribution in [0.1, 0.15) is 51.9 Å². The molecule has 1 heterocycles. The second-order valence-corrected chi connectivity index (χ2v) is 6.92. The highest BCUT2D eigenvalue weighted by molar-refractivity contribution is 5.66. The molecule has 0 amide bonds. The number of carboxylic acid groups (broad SMARTS) is 1. The Balaban J connectivity index is 2.32. The Kier molecular flexibility index (Phi) is 12.4. The van der Waals surface area contributed by atoms with Gasteiger partial charge in [-0.2, -0.15) is 0 Å². The molecular formula is C22H34O6. The number of aliphatic carboxylic acids is 1. The minimum atomic E-state index is -0.870. The van der Waals surface area contributed by atoms with Crippen LogP contribution in [0.25, 0.3) is 0 Å². The first kappa shape index (κ1) is 24.3. The Morgan fingerprint density at radius 3 is 2.57 bits per heavy atom. The van der Waals surface area contributed by atoms with Gasteiger partial charge in [-0.05, 0) is 32.1 Å². The molecule has 0 aromatic heterocycles. The van der Waals surface area contributed by atoms with Crippen molar-refractivity contribution in [1.29, 1.82) is 0 Å². The summed E-state index contributed by atoms with van der Waals surface area (Å²) in [4.78, 5) is 10.4. The van der Waals surface area contributed by atoms with E-state index in [1.54, 1.807) is 6.08 Å². The van der Waals surface area contributed by atoms with Crippen molar-refractivity contribution in [1.82, 2.24) is 0 Å². The Labute approximate surface area is 167 Å². The molecule has 0 unspecified atom stereocenters. The van der Waals surface area contributed by atoms with E-state index in [2.05, 4.69) is 0 Å². The van der Waals surface area contributed by atoms with Gasteiger partial charge in [0.15, 0.2) is 0 Å². The molecule has 6 nitrogen and oxygen atoms in total. The second kappa shape index (κ2) is 14.3. The number of aliphatic hydroxyl groups excluding tert-OH is 3. The topological polar surface area (TPSA) is 107 Å². The van der Waals surface area contributed by atoms with Crippen LogP contribution < -0.4 is 0 Å². The van der Waals surface area contributed by atoms with Crippen LogP contribution in [0.15, 0.2) is 48.6 Å². The molecule has 1 rings (SSSR count). The highest BCUT2D eigenvalue weighted by Crippen LogP contribution is 2.26. The first-order valence-electron chi connectivity index (χ1n) is 9.98. The average Bonchev–Trinajstić information content (AvgIpc) is 3.02. The standard InChI is InChI=1S/C22H34O6/c1-2-3-8-11-17(23)14-15-18(24)21-16-19(25)20(28-21)12-9-6-4-5-7-10-13-22(26)27/h3,5-9,14-15,17-21,23-25H,2,4,10-13,16H2,1H3,(H,26,27)/b7-5-,8-3-,9-6-,15-14+/t17-,18+,19-,20-,21+/m1/s1. The van der Waals surface area contributed by atoms with E-state index < -0.39 is 30.4 Å². The lowest BCUT2D eigenvalue weighted by Gasteiger charge is -2.16. The molecule has 0 aromatic carbocycles. The number of rotatable bonds is 13. The molecule has 0 aromatic rings. The largest absolute Gasteiger partial charge is 0.481 e. The van der Waals surface area contributed by atoms with Crippen LogP contribution in [-0.2, 0) is 9.53 Å². The molecule has 0 radical (unpaired) electrons. The highest BCUT2D eigenvalue weighted by Gasteiger charge is 2.36. The van der Waals surface area contributed by atoms with Gasteiger partial charge >= 0.3 is 5.97 Å². The van der Waals surface area contributed by atoms with Crippen LogP contribution >= 0.6 is 0 Å². The molecule has 1 aliphatic heterocycles. The molecule has 1 saturated heterocycles. The molecule has 6 heteroatoms. The lowest BCUT2D eigenvalue weighted by Crippen LogP contribution is -2.24. The highest BCUT2D eigenvalue weighted by atomic mass is 16.5. The molecule has 0 saturated carbocycles. The summed E-state index contributed by atoms with van der Waals surface area (Å²) in [5.74, 6) is -0.804. The van der Waals surface area contributed by atoms with E-state index in [0.29, 0.717) is 32.1 Å². The van der Waals surface area contributed by atoms with Gasteiger partial charge in [0, 0.05) is 12.8 Å². The summed E-state index contributed by atoms with van der Waals surface area (Å²) in [6, 6.07) is 0. The van der Waals surface area contributed by atoms with E-state index >= 15 is 0 Å². The van der Waals surface area contributed by atoms with E-state index in [0.717, 1.165) is 6.42 Å². The molecule has 0 spiro atoms. The third kappa shape index (κ3) is 10.6. The molecule has 4 N–H and O–H groups in total. The molecule has 5 atom stereocenters. The van der Waals surface area contributed by atoms with Gasteiger partial charge in [0.2, 0.25) is 0 Å². The van der Waals surface area contributed by atoms with Gasteiger partial charge in [-0.15, -0.1) is 0 Å². The van der Waals surface area contributed by atoms with Crippen LogP contribution in [0.3, 0.4) is 0 Å². The zero-order valence-corrected chi connectivity index (χ0v) is 16.6. The normalized spacial score (nSPS) is 25.5. The van der Waals surface area contributed by atoms with Crippen LogP contribution in [0, 0.1) is 0 Å². The maximum absolute atomic E-state index is 10.4. The fourth-order valence-electron chi connectivity index (χ4n) is 2.87. The number of aliphatic hydroxyl groups is 3. The summed E-state index contributed by atoms with van der Waals surface area (Å²) >= 11 is 0. The van der Waals surface area contributed by atoms with E-state index in [4.69, 9.17) is 9.84 Å². The van der Waals surface area contributed by atoms with Gasteiger partial charge in [-0.3, -0.25) is 4.79 Å². The molecule has 158 valence electrons. The van der Waals surface area contributed by atoms with Gasteiger partial charge in [0.05, 0.1) is 30.5 Å². The van der Waals surface area contributed by atoms with Crippen molar-refractivity contribution in [3.63, 3.8) is 0 Å². The maximum atomic E-state index is 10.4. The number of carboxylic acids is 1. The predicted molar refractivity (Wildman–Crippen MR) is 109 cm³/mol. The van der Waals surface area contributed by atoms with Crippen molar-refractivity contribution in [3.8, 4) is 0 Å². The molecule has 1 fully saturated rings. The van der Waals surface area contributed by atoms with Crippen molar-refractivity contribution < 1.29 is 30.0 Å².